The summed E-state index contributed by atoms with van der Waals surface area (Å²) in [7, 11) is 0. The summed E-state index contributed by atoms with van der Waals surface area (Å²) in [6.07, 6.45) is -0.202. The molecule has 0 aliphatic carbocycles. The highest BCUT2D eigenvalue weighted by Gasteiger charge is 2.21. The van der Waals surface area contributed by atoms with Crippen LogP contribution in [0.3, 0.4) is 0 Å². The topological polar surface area (TPSA) is 87.8 Å². The maximum absolute atomic E-state index is 12.0. The highest BCUT2D eigenvalue weighted by Crippen LogP contribution is 2.16. The van der Waals surface area contributed by atoms with Gasteiger partial charge in [0, 0.05) is 24.5 Å². The number of morpholine rings is 1. The highest BCUT2D eigenvalue weighted by molar-refractivity contribution is 5.92. The van der Waals surface area contributed by atoms with Crippen molar-refractivity contribution in [3.63, 3.8) is 0 Å². The second-order valence-electron chi connectivity index (χ2n) is 5.03. The first-order valence-corrected chi connectivity index (χ1v) is 6.69. The number of nitrogens with zero attached hydrogens (tertiary/aromatic N) is 1. The van der Waals surface area contributed by atoms with Crippen molar-refractivity contribution in [1.29, 1.82) is 0 Å². The van der Waals surface area contributed by atoms with Gasteiger partial charge in [0.25, 0.3) is 0 Å². The molecule has 6 nitrogen and oxygen atoms in total. The Bertz CT molecular complexity index is 479. The number of hydrogen-bond donors (Lipinski definition) is 3. The average Bonchev–Trinajstić information content (AvgIpc) is 2.43. The molecule has 6 heteroatoms. The summed E-state index contributed by atoms with van der Waals surface area (Å²) in [5.74, 6) is -0.0909. The number of hydrogen-bond acceptors (Lipinski definition) is 5. The number of aryl methyl sites for hydroxylation is 1. The number of nitrogens with one attached hydrogen (secondary N) is 1. The lowest BCUT2D eigenvalue weighted by Crippen LogP contribution is -2.46. The summed E-state index contributed by atoms with van der Waals surface area (Å²) >= 11 is 0. The van der Waals surface area contributed by atoms with E-state index in [2.05, 4.69) is 5.32 Å². The number of rotatable bonds is 4. The molecule has 0 radical (unpaired) electrons. The molecular formula is C14H21N3O3. The molecule has 1 amide bonds. The molecule has 1 unspecified atom stereocenters. The third-order valence-electron chi connectivity index (χ3n) is 3.36. The first-order valence-electron chi connectivity index (χ1n) is 6.69. The smallest absolute Gasteiger partial charge is 0.238 e. The number of aliphatic hydroxyl groups excluding tert-OH is 1. The lowest BCUT2D eigenvalue weighted by atomic mass is 10.2. The van der Waals surface area contributed by atoms with Crippen molar-refractivity contribution in [2.75, 3.05) is 43.9 Å². The normalized spacial score (nSPS) is 19.8. The molecule has 2 rings (SSSR count). The summed E-state index contributed by atoms with van der Waals surface area (Å²) < 4.78 is 5.35. The van der Waals surface area contributed by atoms with Crippen LogP contribution in [0, 0.1) is 6.92 Å². The molecule has 1 atom stereocenters. The number of ether oxygens (including phenoxy) is 1. The zero-order valence-corrected chi connectivity index (χ0v) is 11.6. The first-order chi connectivity index (χ1) is 9.58. The molecule has 1 fully saturated rings. The Morgan fingerprint density at radius 1 is 1.60 bits per heavy atom. The van der Waals surface area contributed by atoms with Crippen LogP contribution >= 0.6 is 0 Å². The van der Waals surface area contributed by atoms with E-state index in [4.69, 9.17) is 15.6 Å². The van der Waals surface area contributed by atoms with Gasteiger partial charge in [0.05, 0.1) is 25.9 Å². The lowest BCUT2D eigenvalue weighted by Gasteiger charge is -2.31. The van der Waals surface area contributed by atoms with Crippen LogP contribution in [-0.4, -0.2) is 54.9 Å². The fourth-order valence-corrected chi connectivity index (χ4v) is 2.16. The molecule has 1 saturated heterocycles. The number of benzene rings is 1. The zero-order valence-electron chi connectivity index (χ0n) is 11.6. The Hall–Kier alpha value is -1.63. The Balaban J connectivity index is 1.87. The largest absolute Gasteiger partial charge is 0.398 e. The first kappa shape index (κ1) is 14.8. The van der Waals surface area contributed by atoms with Crippen LogP contribution in [0.2, 0.25) is 0 Å². The number of carbonyl (C=O) groups is 1. The summed E-state index contributed by atoms with van der Waals surface area (Å²) in [6.45, 7) is 3.99. The van der Waals surface area contributed by atoms with Gasteiger partial charge in [-0.1, -0.05) is 6.07 Å². The molecule has 1 heterocycles. The summed E-state index contributed by atoms with van der Waals surface area (Å²) in [4.78, 5) is 13.9. The average molecular weight is 279 g/mol. The van der Waals surface area contributed by atoms with Crippen LogP contribution < -0.4 is 11.1 Å². The molecule has 0 bridgehead atoms. The second-order valence-corrected chi connectivity index (χ2v) is 5.03. The van der Waals surface area contributed by atoms with Crippen LogP contribution in [0.25, 0.3) is 0 Å². The van der Waals surface area contributed by atoms with Crippen molar-refractivity contribution in [2.24, 2.45) is 0 Å². The van der Waals surface area contributed by atoms with E-state index in [1.54, 1.807) is 6.07 Å². The molecule has 20 heavy (non-hydrogen) atoms. The van der Waals surface area contributed by atoms with Gasteiger partial charge in [0.2, 0.25) is 5.91 Å². The van der Waals surface area contributed by atoms with Gasteiger partial charge in [0.15, 0.2) is 0 Å². The summed E-state index contributed by atoms with van der Waals surface area (Å²) in [6, 6.07) is 5.46. The second kappa shape index (κ2) is 6.69. The number of amides is 1. The van der Waals surface area contributed by atoms with Crippen LogP contribution in [0.1, 0.15) is 5.56 Å². The molecule has 1 aliphatic heterocycles. The Morgan fingerprint density at radius 3 is 3.10 bits per heavy atom. The van der Waals surface area contributed by atoms with E-state index in [1.807, 2.05) is 24.0 Å². The van der Waals surface area contributed by atoms with Gasteiger partial charge in [-0.2, -0.15) is 0 Å². The van der Waals surface area contributed by atoms with E-state index in [0.717, 1.165) is 5.56 Å². The minimum atomic E-state index is -0.202. The number of nitrogen functional groups attached to an aromatic ring is 1. The van der Waals surface area contributed by atoms with Gasteiger partial charge in [-0.05, 0) is 24.6 Å². The molecule has 1 aromatic rings. The van der Waals surface area contributed by atoms with Gasteiger partial charge < -0.3 is 20.9 Å². The predicted octanol–water partition coefficient (Wildman–Crippen LogP) is 0.209. The molecular weight excluding hydrogens is 258 g/mol. The van der Waals surface area contributed by atoms with Crippen molar-refractivity contribution in [3.8, 4) is 0 Å². The van der Waals surface area contributed by atoms with E-state index in [9.17, 15) is 4.79 Å². The van der Waals surface area contributed by atoms with E-state index < -0.39 is 0 Å². The maximum Gasteiger partial charge on any atom is 0.238 e. The van der Waals surface area contributed by atoms with E-state index >= 15 is 0 Å². The molecule has 0 aromatic heterocycles. The molecule has 1 aromatic carbocycles. The molecule has 0 saturated carbocycles. The number of nitrogens with two attached hydrogens (primary N) is 1. The molecule has 4 N–H and O–H groups in total. The minimum absolute atomic E-state index is 0.0212. The minimum Gasteiger partial charge on any atom is -0.398 e. The number of anilines is 2. The summed E-state index contributed by atoms with van der Waals surface area (Å²) in [5, 5.41) is 11.9. The lowest BCUT2D eigenvalue weighted by molar-refractivity contribution is -0.120. The van der Waals surface area contributed by atoms with Crippen molar-refractivity contribution in [1.82, 2.24) is 4.90 Å². The van der Waals surface area contributed by atoms with E-state index in [-0.39, 0.29) is 25.2 Å². The highest BCUT2D eigenvalue weighted by atomic mass is 16.5. The fraction of sp³-hybridized carbons (Fsp3) is 0.500. The van der Waals surface area contributed by atoms with Crippen molar-refractivity contribution in [3.05, 3.63) is 23.8 Å². The van der Waals surface area contributed by atoms with Crippen molar-refractivity contribution >= 4 is 17.3 Å². The fourth-order valence-electron chi connectivity index (χ4n) is 2.16. The van der Waals surface area contributed by atoms with Crippen LogP contribution in [0.15, 0.2) is 18.2 Å². The maximum atomic E-state index is 12.0. The van der Waals surface area contributed by atoms with Crippen molar-refractivity contribution in [2.45, 2.75) is 13.0 Å². The molecule has 0 spiro atoms. The Kier molecular flexibility index (Phi) is 4.94. The van der Waals surface area contributed by atoms with Gasteiger partial charge in [0.1, 0.15) is 0 Å². The van der Waals surface area contributed by atoms with E-state index in [1.165, 1.54) is 0 Å². The van der Waals surface area contributed by atoms with Gasteiger partial charge in [-0.15, -0.1) is 0 Å². The standard InChI is InChI=1S/C14H21N3O3/c1-10-2-3-11(6-13(10)15)16-14(19)8-17-4-5-20-12(7-17)9-18/h2-3,6,12,18H,4-5,7-9,15H2,1H3,(H,16,19). The monoisotopic (exact) mass is 279 g/mol. The van der Waals surface area contributed by atoms with Crippen LogP contribution in [-0.2, 0) is 9.53 Å². The summed E-state index contributed by atoms with van der Waals surface area (Å²) in [5.41, 5.74) is 8.16. The zero-order chi connectivity index (χ0) is 14.5. The molecule has 110 valence electrons. The third-order valence-corrected chi connectivity index (χ3v) is 3.36. The SMILES string of the molecule is Cc1ccc(NC(=O)CN2CCOC(CO)C2)cc1N. The van der Waals surface area contributed by atoms with Crippen LogP contribution in [0.5, 0.6) is 0 Å². The van der Waals surface area contributed by atoms with Gasteiger partial charge in [-0.25, -0.2) is 0 Å². The third kappa shape index (κ3) is 3.93. The van der Waals surface area contributed by atoms with Crippen molar-refractivity contribution < 1.29 is 14.6 Å². The Labute approximate surface area is 118 Å². The van der Waals surface area contributed by atoms with Crippen LogP contribution in [0.4, 0.5) is 11.4 Å². The Morgan fingerprint density at radius 2 is 2.40 bits per heavy atom. The molecule has 1 aliphatic rings. The van der Waals surface area contributed by atoms with Gasteiger partial charge >= 0.3 is 0 Å². The quantitative estimate of drug-likeness (QED) is 0.686. The predicted molar refractivity (Wildman–Crippen MR) is 77.5 cm³/mol. The number of aliphatic hydroxyl groups is 1. The van der Waals surface area contributed by atoms with Gasteiger partial charge in [-0.3, -0.25) is 9.69 Å². The van der Waals surface area contributed by atoms with E-state index in [0.29, 0.717) is 31.1 Å². The number of carbonyl (C=O) groups excluding carboxylic acids is 1.